The van der Waals surface area contributed by atoms with Crippen LogP contribution in [-0.4, -0.2) is 45.8 Å². The Hall–Kier alpha value is -1.80. The van der Waals surface area contributed by atoms with Gasteiger partial charge in [0.15, 0.2) is 21.3 Å². The fourth-order valence-electron chi connectivity index (χ4n) is 3.45. The van der Waals surface area contributed by atoms with Crippen molar-refractivity contribution in [3.63, 3.8) is 0 Å². The molecule has 0 saturated heterocycles. The molecule has 1 saturated carbocycles. The summed E-state index contributed by atoms with van der Waals surface area (Å²) in [6.45, 7) is 1.88. The van der Waals surface area contributed by atoms with Crippen LogP contribution in [0.2, 0.25) is 0 Å². The van der Waals surface area contributed by atoms with E-state index in [1.165, 1.54) is 0 Å². The largest absolute Gasteiger partial charge is 0.465 e. The number of fused-ring (bicyclic) bond motifs is 1. The first-order valence-electron chi connectivity index (χ1n) is 7.32. The van der Waals surface area contributed by atoms with Crippen LogP contribution in [0.1, 0.15) is 18.4 Å². The van der Waals surface area contributed by atoms with Gasteiger partial charge in [0.25, 0.3) is 0 Å². The normalized spacial score (nSPS) is 28.5. The molecule has 1 aliphatic carbocycles. The van der Waals surface area contributed by atoms with Crippen LogP contribution in [0.5, 0.6) is 11.5 Å². The molecule has 0 spiro atoms. The van der Waals surface area contributed by atoms with Gasteiger partial charge in [-0.25, -0.2) is 8.42 Å². The highest BCUT2D eigenvalue weighted by atomic mass is 32.2. The Kier molecular flexibility index (Phi) is 3.76. The van der Waals surface area contributed by atoms with Crippen molar-refractivity contribution in [1.82, 2.24) is 0 Å². The Morgan fingerprint density at radius 3 is 2.70 bits per heavy atom. The molecule has 23 heavy (non-hydrogen) atoms. The molecule has 1 heterocycles. The number of carbonyl (C=O) groups excluding carboxylic acids is 1. The van der Waals surface area contributed by atoms with Gasteiger partial charge in [-0.05, 0) is 24.6 Å². The summed E-state index contributed by atoms with van der Waals surface area (Å²) in [6.07, 6.45) is 1.12. The molecule has 1 aromatic carbocycles. The molecule has 8 heteroatoms. The molecule has 3 atom stereocenters. The first-order chi connectivity index (χ1) is 10.9. The lowest BCUT2D eigenvalue weighted by atomic mass is 9.99. The minimum Gasteiger partial charge on any atom is -0.465 e. The molecule has 0 aromatic heterocycles. The van der Waals surface area contributed by atoms with E-state index in [-0.39, 0.29) is 19.9 Å². The van der Waals surface area contributed by atoms with Gasteiger partial charge in [-0.2, -0.15) is 0 Å². The molecule has 0 bridgehead atoms. The molecule has 3 rings (SSSR count). The average Bonchev–Trinajstić information content (AvgIpc) is 3.00. The van der Waals surface area contributed by atoms with Crippen molar-refractivity contribution in [1.29, 1.82) is 0 Å². The molecule has 7 nitrogen and oxygen atoms in total. The zero-order valence-corrected chi connectivity index (χ0v) is 13.8. The van der Waals surface area contributed by atoms with E-state index in [2.05, 4.69) is 0 Å². The monoisotopic (exact) mass is 341 g/mol. The Morgan fingerprint density at radius 1 is 1.39 bits per heavy atom. The van der Waals surface area contributed by atoms with E-state index in [9.17, 15) is 13.2 Å². The van der Waals surface area contributed by atoms with Gasteiger partial charge in [0.1, 0.15) is 5.41 Å². The lowest BCUT2D eigenvalue weighted by Gasteiger charge is -2.14. The van der Waals surface area contributed by atoms with Crippen molar-refractivity contribution in [2.75, 3.05) is 26.2 Å². The van der Waals surface area contributed by atoms with E-state index in [4.69, 9.17) is 19.9 Å². The number of rotatable bonds is 5. The molecule has 3 unspecified atom stereocenters. The van der Waals surface area contributed by atoms with Gasteiger partial charge in [0, 0.05) is 18.7 Å². The van der Waals surface area contributed by atoms with Gasteiger partial charge in [0.05, 0.1) is 11.9 Å². The van der Waals surface area contributed by atoms with E-state index in [1.54, 1.807) is 25.1 Å². The summed E-state index contributed by atoms with van der Waals surface area (Å²) in [7, 11) is -3.48. The second kappa shape index (κ2) is 5.38. The summed E-state index contributed by atoms with van der Waals surface area (Å²) in [5.41, 5.74) is 5.25. The van der Waals surface area contributed by atoms with Crippen LogP contribution < -0.4 is 15.2 Å². The highest BCUT2D eigenvalue weighted by Crippen LogP contribution is 2.63. The second-order valence-electron chi connectivity index (χ2n) is 5.81. The Bertz CT molecular complexity index is 746. The van der Waals surface area contributed by atoms with Crippen LogP contribution in [-0.2, 0) is 19.4 Å². The zero-order chi connectivity index (χ0) is 16.8. The quantitative estimate of drug-likeness (QED) is 0.774. The van der Waals surface area contributed by atoms with E-state index < -0.39 is 32.4 Å². The second-order valence-corrected chi connectivity index (χ2v) is 7.97. The van der Waals surface area contributed by atoms with E-state index >= 15 is 0 Å². The first-order valence-corrected chi connectivity index (χ1v) is 9.27. The molecule has 1 aromatic rings. The number of ether oxygens (including phenoxy) is 3. The number of esters is 1. The van der Waals surface area contributed by atoms with Crippen LogP contribution in [0.3, 0.4) is 0 Å². The number of hydrogen-bond acceptors (Lipinski definition) is 7. The third-order valence-electron chi connectivity index (χ3n) is 4.47. The Balaban J connectivity index is 2.04. The van der Waals surface area contributed by atoms with Crippen molar-refractivity contribution in [2.45, 2.75) is 18.1 Å². The third kappa shape index (κ3) is 2.36. The third-order valence-corrected chi connectivity index (χ3v) is 6.08. The van der Waals surface area contributed by atoms with Gasteiger partial charge in [-0.15, -0.1) is 0 Å². The summed E-state index contributed by atoms with van der Waals surface area (Å²) < 4.78 is 40.0. The highest BCUT2D eigenvalue weighted by Gasteiger charge is 2.74. The van der Waals surface area contributed by atoms with Gasteiger partial charge in [-0.3, -0.25) is 4.79 Å². The van der Waals surface area contributed by atoms with Gasteiger partial charge in [-0.1, -0.05) is 6.07 Å². The lowest BCUT2D eigenvalue weighted by molar-refractivity contribution is -0.149. The molecular formula is C15H19NO6S. The van der Waals surface area contributed by atoms with Crippen molar-refractivity contribution < 1.29 is 27.4 Å². The topological polar surface area (TPSA) is 105 Å². The molecular weight excluding hydrogens is 322 g/mol. The van der Waals surface area contributed by atoms with Crippen LogP contribution in [0.25, 0.3) is 0 Å². The summed E-state index contributed by atoms with van der Waals surface area (Å²) in [4.78, 5) is 12.4. The van der Waals surface area contributed by atoms with Crippen LogP contribution in [0.15, 0.2) is 18.2 Å². The minimum atomic E-state index is -3.48. The first kappa shape index (κ1) is 16.1. The number of sulfone groups is 1. The summed E-state index contributed by atoms with van der Waals surface area (Å²) in [6, 6.07) is 5.16. The zero-order valence-electron chi connectivity index (χ0n) is 12.9. The van der Waals surface area contributed by atoms with Gasteiger partial charge in [0.2, 0.25) is 6.79 Å². The molecule has 0 amide bonds. The smallest absolute Gasteiger partial charge is 0.315 e. The maximum absolute atomic E-state index is 12.4. The molecule has 1 aliphatic heterocycles. The van der Waals surface area contributed by atoms with E-state index in [0.29, 0.717) is 17.1 Å². The van der Waals surface area contributed by atoms with Crippen molar-refractivity contribution in [3.8, 4) is 11.5 Å². The van der Waals surface area contributed by atoms with Crippen LogP contribution in [0.4, 0.5) is 0 Å². The highest BCUT2D eigenvalue weighted by molar-refractivity contribution is 7.91. The van der Waals surface area contributed by atoms with Gasteiger partial charge >= 0.3 is 5.97 Å². The number of benzene rings is 1. The molecule has 1 fully saturated rings. The van der Waals surface area contributed by atoms with Crippen molar-refractivity contribution in [2.24, 2.45) is 11.1 Å². The molecule has 126 valence electrons. The fraction of sp³-hybridized carbons (Fsp3) is 0.533. The van der Waals surface area contributed by atoms with Gasteiger partial charge < -0.3 is 19.9 Å². The molecule has 0 radical (unpaired) electrons. The maximum Gasteiger partial charge on any atom is 0.315 e. The standard InChI is InChI=1S/C15H19NO6S/c1-3-20-14(17)15(7-16)12(13(15)23(2,18)19)9-4-5-10-11(6-9)22-8-21-10/h4-6,12-13H,3,7-8,16H2,1-2H3. The summed E-state index contributed by atoms with van der Waals surface area (Å²) in [5, 5.41) is -0.889. The number of carbonyl (C=O) groups is 1. The van der Waals surface area contributed by atoms with Crippen LogP contribution in [0, 0.1) is 5.41 Å². The maximum atomic E-state index is 12.4. The lowest BCUT2D eigenvalue weighted by Crippen LogP contribution is -2.33. The molecule has 2 N–H and O–H groups in total. The average molecular weight is 341 g/mol. The van der Waals surface area contributed by atoms with Crippen LogP contribution >= 0.6 is 0 Å². The fourth-order valence-corrected chi connectivity index (χ4v) is 5.37. The Labute approximate surface area is 134 Å². The van der Waals surface area contributed by atoms with E-state index in [0.717, 1.165) is 6.26 Å². The predicted octanol–water partition coefficient (Wildman–Crippen LogP) is 0.434. The Morgan fingerprint density at radius 2 is 2.09 bits per heavy atom. The molecule has 2 aliphatic rings. The number of hydrogen-bond donors (Lipinski definition) is 1. The van der Waals surface area contributed by atoms with Crippen molar-refractivity contribution in [3.05, 3.63) is 23.8 Å². The summed E-state index contributed by atoms with van der Waals surface area (Å²) >= 11 is 0. The van der Waals surface area contributed by atoms with Crippen molar-refractivity contribution >= 4 is 15.8 Å². The summed E-state index contributed by atoms with van der Waals surface area (Å²) in [5.74, 6) is 0.0212. The minimum absolute atomic E-state index is 0.0946. The SMILES string of the molecule is CCOC(=O)C1(CN)C(c2ccc3c(c2)OCO3)C1S(C)(=O)=O. The predicted molar refractivity (Wildman–Crippen MR) is 82.1 cm³/mol. The number of nitrogens with two attached hydrogens (primary N) is 1. The van der Waals surface area contributed by atoms with E-state index in [1.807, 2.05) is 0 Å².